The van der Waals surface area contributed by atoms with Crippen LogP contribution >= 0.6 is 15.9 Å². The van der Waals surface area contributed by atoms with Crippen molar-refractivity contribution in [2.75, 3.05) is 13.1 Å². The number of hydrogen-bond acceptors (Lipinski definition) is 2. The molecule has 1 N–H and O–H groups in total. The molecule has 2 nitrogen and oxygen atoms in total. The van der Waals surface area contributed by atoms with Crippen LogP contribution < -0.4 is 5.32 Å². The molecule has 1 saturated carbocycles. The highest BCUT2D eigenvalue weighted by molar-refractivity contribution is 9.10. The second kappa shape index (κ2) is 8.81. The van der Waals surface area contributed by atoms with Crippen LogP contribution in [0.3, 0.4) is 0 Å². The summed E-state index contributed by atoms with van der Waals surface area (Å²) < 4.78 is 7.54. The fourth-order valence-electron chi connectivity index (χ4n) is 2.81. The van der Waals surface area contributed by atoms with E-state index < -0.39 is 0 Å². The lowest BCUT2D eigenvalue weighted by molar-refractivity contribution is -0.0199. The predicted octanol–water partition coefficient (Wildman–Crippen LogP) is 4.84. The fraction of sp³-hybridized carbons (Fsp3) is 0.647. The van der Waals surface area contributed by atoms with Gasteiger partial charge in [-0.05, 0) is 37.1 Å². The van der Waals surface area contributed by atoms with Gasteiger partial charge in [-0.2, -0.15) is 0 Å². The van der Waals surface area contributed by atoms with E-state index in [4.69, 9.17) is 4.74 Å². The summed E-state index contributed by atoms with van der Waals surface area (Å²) in [5, 5.41) is 3.43. The zero-order chi connectivity index (χ0) is 14.2. The van der Waals surface area contributed by atoms with Crippen LogP contribution in [-0.4, -0.2) is 19.2 Å². The van der Waals surface area contributed by atoms with Gasteiger partial charge in [-0.25, -0.2) is 0 Å². The maximum atomic E-state index is 6.42. The van der Waals surface area contributed by atoms with Crippen LogP contribution in [-0.2, 0) is 4.74 Å². The Bertz CT molecular complexity index is 371. The molecule has 0 heterocycles. The van der Waals surface area contributed by atoms with E-state index in [1.165, 1.54) is 44.1 Å². The predicted molar refractivity (Wildman–Crippen MR) is 88.0 cm³/mol. The van der Waals surface area contributed by atoms with Crippen LogP contribution in [0.5, 0.6) is 0 Å². The average Bonchev–Trinajstić information content (AvgIpc) is 2.73. The van der Waals surface area contributed by atoms with Crippen molar-refractivity contribution in [3.63, 3.8) is 0 Å². The molecule has 0 radical (unpaired) electrons. The quantitative estimate of drug-likeness (QED) is 0.748. The van der Waals surface area contributed by atoms with Gasteiger partial charge in [0.05, 0.1) is 12.2 Å². The molecule has 0 aliphatic heterocycles. The van der Waals surface area contributed by atoms with Crippen molar-refractivity contribution in [1.82, 2.24) is 5.32 Å². The van der Waals surface area contributed by atoms with Crippen LogP contribution in [0.2, 0.25) is 0 Å². The summed E-state index contributed by atoms with van der Waals surface area (Å²) in [6.45, 7) is 4.03. The molecular weight excluding hydrogens is 314 g/mol. The molecule has 1 atom stereocenters. The summed E-state index contributed by atoms with van der Waals surface area (Å²) in [4.78, 5) is 0. The second-order valence-corrected chi connectivity index (χ2v) is 6.51. The Kier molecular flexibility index (Phi) is 7.05. The molecule has 1 unspecified atom stereocenters. The Balaban J connectivity index is 2.00. The Morgan fingerprint density at radius 3 is 2.40 bits per heavy atom. The number of ether oxygens (including phenoxy) is 1. The molecule has 2 rings (SSSR count). The van der Waals surface area contributed by atoms with Crippen molar-refractivity contribution in [2.24, 2.45) is 0 Å². The number of benzene rings is 1. The van der Waals surface area contributed by atoms with Crippen molar-refractivity contribution in [2.45, 2.75) is 57.7 Å². The van der Waals surface area contributed by atoms with E-state index in [0.717, 1.165) is 17.6 Å². The van der Waals surface area contributed by atoms with Crippen LogP contribution in [0.25, 0.3) is 0 Å². The van der Waals surface area contributed by atoms with Crippen LogP contribution in [0.1, 0.15) is 57.1 Å². The van der Waals surface area contributed by atoms with Gasteiger partial charge in [-0.3, -0.25) is 0 Å². The van der Waals surface area contributed by atoms with Crippen molar-refractivity contribution >= 4 is 15.9 Å². The Morgan fingerprint density at radius 2 is 1.80 bits per heavy atom. The van der Waals surface area contributed by atoms with Crippen molar-refractivity contribution in [3.05, 3.63) is 34.3 Å². The standard InChI is InChI=1S/C17H26BrNO/c1-2-19-13-17(14-9-11-15(18)12-10-14)20-16-7-5-3-4-6-8-16/h9-12,16-17,19H,2-8,13H2,1H3. The van der Waals surface area contributed by atoms with Gasteiger partial charge in [-0.15, -0.1) is 0 Å². The number of nitrogens with one attached hydrogen (secondary N) is 1. The second-order valence-electron chi connectivity index (χ2n) is 5.60. The maximum absolute atomic E-state index is 6.42. The number of likely N-dealkylation sites (N-methyl/N-ethyl adjacent to an activating group) is 1. The highest BCUT2D eigenvalue weighted by Crippen LogP contribution is 2.27. The highest BCUT2D eigenvalue weighted by atomic mass is 79.9. The van der Waals surface area contributed by atoms with Gasteiger partial charge >= 0.3 is 0 Å². The van der Waals surface area contributed by atoms with E-state index in [2.05, 4.69) is 52.4 Å². The van der Waals surface area contributed by atoms with Gasteiger partial charge in [0.15, 0.2) is 0 Å². The Morgan fingerprint density at radius 1 is 1.15 bits per heavy atom. The summed E-state index contributed by atoms with van der Waals surface area (Å²) in [6.07, 6.45) is 8.43. The molecule has 1 aromatic carbocycles. The summed E-state index contributed by atoms with van der Waals surface area (Å²) in [7, 11) is 0. The first kappa shape index (κ1) is 16.0. The van der Waals surface area contributed by atoms with Gasteiger partial charge < -0.3 is 10.1 Å². The largest absolute Gasteiger partial charge is 0.369 e. The van der Waals surface area contributed by atoms with Crippen LogP contribution in [0.15, 0.2) is 28.7 Å². The molecule has 0 spiro atoms. The van der Waals surface area contributed by atoms with E-state index in [-0.39, 0.29) is 6.10 Å². The highest BCUT2D eigenvalue weighted by Gasteiger charge is 2.19. The van der Waals surface area contributed by atoms with Crippen molar-refractivity contribution in [1.29, 1.82) is 0 Å². The fourth-order valence-corrected chi connectivity index (χ4v) is 3.07. The summed E-state index contributed by atoms with van der Waals surface area (Å²) in [6, 6.07) is 8.54. The van der Waals surface area contributed by atoms with Crippen molar-refractivity contribution < 1.29 is 4.74 Å². The van der Waals surface area contributed by atoms with Crippen LogP contribution in [0.4, 0.5) is 0 Å². The molecule has 112 valence electrons. The average molecular weight is 340 g/mol. The van der Waals surface area contributed by atoms with Gasteiger partial charge in [0.1, 0.15) is 0 Å². The lowest BCUT2D eigenvalue weighted by atomic mass is 10.1. The monoisotopic (exact) mass is 339 g/mol. The van der Waals surface area contributed by atoms with Crippen molar-refractivity contribution in [3.8, 4) is 0 Å². The zero-order valence-electron chi connectivity index (χ0n) is 12.4. The molecule has 3 heteroatoms. The normalized spacial score (nSPS) is 18.7. The third-order valence-electron chi connectivity index (χ3n) is 3.98. The Hall–Kier alpha value is -0.380. The minimum atomic E-state index is 0.172. The maximum Gasteiger partial charge on any atom is 0.0952 e. The van der Waals surface area contributed by atoms with E-state index in [1.54, 1.807) is 0 Å². The lowest BCUT2D eigenvalue weighted by Gasteiger charge is -2.25. The topological polar surface area (TPSA) is 21.3 Å². The smallest absolute Gasteiger partial charge is 0.0952 e. The minimum absolute atomic E-state index is 0.172. The molecule has 20 heavy (non-hydrogen) atoms. The number of halogens is 1. The first-order chi connectivity index (χ1) is 9.79. The minimum Gasteiger partial charge on any atom is -0.369 e. The van der Waals surface area contributed by atoms with E-state index in [0.29, 0.717) is 6.10 Å². The molecule has 1 aliphatic carbocycles. The number of rotatable bonds is 6. The number of hydrogen-bond donors (Lipinski definition) is 1. The third kappa shape index (κ3) is 5.19. The SMILES string of the molecule is CCNCC(OC1CCCCCC1)c1ccc(Br)cc1. The molecule has 1 aromatic rings. The molecule has 1 aliphatic rings. The lowest BCUT2D eigenvalue weighted by Crippen LogP contribution is -2.26. The van der Waals surface area contributed by atoms with Gasteiger partial charge in [0.2, 0.25) is 0 Å². The molecule has 0 aromatic heterocycles. The third-order valence-corrected chi connectivity index (χ3v) is 4.51. The first-order valence-corrected chi connectivity index (χ1v) is 8.70. The van der Waals surface area contributed by atoms with Gasteiger partial charge in [-0.1, -0.05) is 60.7 Å². The first-order valence-electron chi connectivity index (χ1n) is 7.91. The molecule has 0 bridgehead atoms. The van der Waals surface area contributed by atoms with Crippen LogP contribution in [0, 0.1) is 0 Å². The molecule has 0 amide bonds. The van der Waals surface area contributed by atoms with Gasteiger partial charge in [0.25, 0.3) is 0 Å². The molecule has 0 saturated heterocycles. The van der Waals surface area contributed by atoms with E-state index >= 15 is 0 Å². The van der Waals surface area contributed by atoms with E-state index in [1.807, 2.05) is 0 Å². The summed E-state index contributed by atoms with van der Waals surface area (Å²) in [5.41, 5.74) is 1.28. The molecular formula is C17H26BrNO. The van der Waals surface area contributed by atoms with Gasteiger partial charge in [0, 0.05) is 11.0 Å². The Labute approximate surface area is 131 Å². The zero-order valence-corrected chi connectivity index (χ0v) is 14.0. The summed E-state index contributed by atoms with van der Waals surface area (Å²) in [5.74, 6) is 0. The summed E-state index contributed by atoms with van der Waals surface area (Å²) >= 11 is 3.50. The van der Waals surface area contributed by atoms with E-state index in [9.17, 15) is 0 Å². The molecule has 1 fully saturated rings.